The van der Waals surface area contributed by atoms with Crippen LogP contribution >= 0.6 is 11.3 Å². The smallest absolute Gasteiger partial charge is 0.254 e. The van der Waals surface area contributed by atoms with Crippen LogP contribution in [-0.2, 0) is 20.7 Å². The van der Waals surface area contributed by atoms with E-state index in [-0.39, 0.29) is 37.2 Å². The molecule has 0 spiro atoms. The summed E-state index contributed by atoms with van der Waals surface area (Å²) in [6.07, 6.45) is 4.91. The monoisotopic (exact) mass is 529 g/mol. The van der Waals surface area contributed by atoms with Crippen LogP contribution in [0.2, 0.25) is 0 Å². The number of thiazole rings is 1. The fraction of sp³-hybridized carbons (Fsp3) is 0.556. The zero-order chi connectivity index (χ0) is 26.6. The molecule has 3 amide bonds. The van der Waals surface area contributed by atoms with Crippen LogP contribution < -0.4 is 10.6 Å². The summed E-state index contributed by atoms with van der Waals surface area (Å²) in [7, 11) is 1.55. The highest BCUT2D eigenvalue weighted by Gasteiger charge is 2.20. The summed E-state index contributed by atoms with van der Waals surface area (Å²) >= 11 is 1.26. The second-order valence-electron chi connectivity index (χ2n) is 9.54. The highest BCUT2D eigenvalue weighted by molar-refractivity contribution is 7.13. The normalized spacial score (nSPS) is 15.8. The minimum atomic E-state index is -0.353. The van der Waals surface area contributed by atoms with E-state index in [2.05, 4.69) is 27.4 Å². The number of hydrogen-bond acceptors (Lipinski definition) is 7. The standard InChI is InChI=1S/C27H39N5O4S/c1-20-8-10-22(11-9-20)26(35)32(15-16-36-3)18-25(34)30-27-29-23(19-37-27)17-24(33)28-12-6-14-31-13-5-4-7-21(31)2/h8-11,19,21H,4-7,12-18H2,1-3H3,(H,28,33)(H,29,30,34). The van der Waals surface area contributed by atoms with Crippen molar-refractivity contribution in [1.29, 1.82) is 0 Å². The number of likely N-dealkylation sites (tertiary alicyclic amines) is 1. The first-order valence-corrected chi connectivity index (χ1v) is 13.8. The second-order valence-corrected chi connectivity index (χ2v) is 10.4. The molecule has 0 bridgehead atoms. The first-order valence-electron chi connectivity index (χ1n) is 13.0. The molecule has 0 saturated carbocycles. The molecule has 2 N–H and O–H groups in total. The molecule has 1 aliphatic rings. The van der Waals surface area contributed by atoms with Crippen LogP contribution in [0.3, 0.4) is 0 Å². The SMILES string of the molecule is COCCN(CC(=O)Nc1nc(CC(=O)NCCCN2CCCCC2C)cs1)C(=O)c1ccc(C)cc1. The lowest BCUT2D eigenvalue weighted by molar-refractivity contribution is -0.120. The van der Waals surface area contributed by atoms with Gasteiger partial charge in [-0.2, -0.15) is 0 Å². The van der Waals surface area contributed by atoms with Crippen LogP contribution in [0.15, 0.2) is 29.6 Å². The summed E-state index contributed by atoms with van der Waals surface area (Å²) in [5, 5.41) is 7.89. The number of aryl methyl sites for hydroxylation is 1. The van der Waals surface area contributed by atoms with E-state index in [9.17, 15) is 14.4 Å². The molecule has 3 rings (SSSR count). The molecule has 9 nitrogen and oxygen atoms in total. The van der Waals surface area contributed by atoms with E-state index in [1.165, 1.54) is 35.5 Å². The molecule has 1 aromatic carbocycles. The maximum absolute atomic E-state index is 12.9. The highest BCUT2D eigenvalue weighted by atomic mass is 32.1. The lowest BCUT2D eigenvalue weighted by Crippen LogP contribution is -2.40. The Morgan fingerprint density at radius 3 is 2.70 bits per heavy atom. The van der Waals surface area contributed by atoms with Gasteiger partial charge in [-0.05, 0) is 51.8 Å². The third-order valence-corrected chi connectivity index (χ3v) is 7.32. The maximum Gasteiger partial charge on any atom is 0.254 e. The van der Waals surface area contributed by atoms with Crippen LogP contribution in [0, 0.1) is 6.92 Å². The summed E-state index contributed by atoms with van der Waals surface area (Å²) in [5.41, 5.74) is 2.18. The summed E-state index contributed by atoms with van der Waals surface area (Å²) < 4.78 is 5.11. The quantitative estimate of drug-likeness (QED) is 0.387. The number of nitrogens with one attached hydrogen (secondary N) is 2. The fourth-order valence-corrected chi connectivity index (χ4v) is 5.06. The number of rotatable bonds is 13. The van der Waals surface area contributed by atoms with Crippen molar-refractivity contribution in [2.45, 2.75) is 52.0 Å². The molecule has 1 aliphatic heterocycles. The van der Waals surface area contributed by atoms with Crippen LogP contribution in [0.25, 0.3) is 0 Å². The highest BCUT2D eigenvalue weighted by Crippen LogP contribution is 2.17. The molecular formula is C27H39N5O4S. The van der Waals surface area contributed by atoms with Crippen LogP contribution in [0.4, 0.5) is 5.13 Å². The van der Waals surface area contributed by atoms with Crippen LogP contribution in [-0.4, -0.2) is 85.0 Å². The molecule has 2 aromatic rings. The van der Waals surface area contributed by atoms with Gasteiger partial charge in [0, 0.05) is 43.7 Å². The lowest BCUT2D eigenvalue weighted by Gasteiger charge is -2.33. The van der Waals surface area contributed by atoms with Gasteiger partial charge in [0.1, 0.15) is 6.54 Å². The van der Waals surface area contributed by atoms with Crippen molar-refractivity contribution in [2.24, 2.45) is 0 Å². The van der Waals surface area contributed by atoms with E-state index < -0.39 is 0 Å². The maximum atomic E-state index is 12.9. The minimum absolute atomic E-state index is 0.0793. The number of carbonyl (C=O) groups is 3. The van der Waals surface area contributed by atoms with Crippen LogP contribution in [0.5, 0.6) is 0 Å². The van der Waals surface area contributed by atoms with Crippen molar-refractivity contribution in [3.8, 4) is 0 Å². The molecule has 0 aliphatic carbocycles. The molecule has 1 saturated heterocycles. The van der Waals surface area contributed by atoms with E-state index in [1.807, 2.05) is 19.1 Å². The Hall–Kier alpha value is -2.82. The fourth-order valence-electron chi connectivity index (χ4n) is 4.34. The summed E-state index contributed by atoms with van der Waals surface area (Å²) in [6.45, 7) is 7.50. The zero-order valence-corrected chi connectivity index (χ0v) is 22.9. The molecule has 2 heterocycles. The van der Waals surface area contributed by atoms with Gasteiger partial charge in [-0.1, -0.05) is 24.1 Å². The van der Waals surface area contributed by atoms with Gasteiger partial charge in [-0.15, -0.1) is 11.3 Å². The Morgan fingerprint density at radius 1 is 1.19 bits per heavy atom. The van der Waals surface area contributed by atoms with Gasteiger partial charge in [-0.3, -0.25) is 14.4 Å². The Labute approximate surface area is 223 Å². The van der Waals surface area contributed by atoms with Gasteiger partial charge in [0.05, 0.1) is 18.7 Å². The zero-order valence-electron chi connectivity index (χ0n) is 22.1. The number of anilines is 1. The van der Waals surface area contributed by atoms with Gasteiger partial charge < -0.3 is 25.2 Å². The van der Waals surface area contributed by atoms with Crippen molar-refractivity contribution < 1.29 is 19.1 Å². The van der Waals surface area contributed by atoms with E-state index in [0.29, 0.717) is 35.6 Å². The lowest BCUT2D eigenvalue weighted by atomic mass is 10.0. The summed E-state index contributed by atoms with van der Waals surface area (Å²) in [6, 6.07) is 7.86. The number of benzene rings is 1. The number of piperidine rings is 1. The molecule has 202 valence electrons. The van der Waals surface area contributed by atoms with Crippen molar-refractivity contribution >= 4 is 34.2 Å². The number of nitrogens with zero attached hydrogens (tertiary/aromatic N) is 3. The number of ether oxygens (including phenoxy) is 1. The van der Waals surface area contributed by atoms with Crippen molar-refractivity contribution in [1.82, 2.24) is 20.1 Å². The minimum Gasteiger partial charge on any atom is -0.383 e. The van der Waals surface area contributed by atoms with Gasteiger partial charge in [0.25, 0.3) is 5.91 Å². The number of aromatic nitrogens is 1. The largest absolute Gasteiger partial charge is 0.383 e. The third-order valence-electron chi connectivity index (χ3n) is 6.51. The summed E-state index contributed by atoms with van der Waals surface area (Å²) in [4.78, 5) is 46.2. The average molecular weight is 530 g/mol. The average Bonchev–Trinajstić information content (AvgIpc) is 3.31. The molecular weight excluding hydrogens is 490 g/mol. The Morgan fingerprint density at radius 2 is 1.97 bits per heavy atom. The molecule has 37 heavy (non-hydrogen) atoms. The Kier molecular flexibility index (Phi) is 11.5. The molecule has 1 fully saturated rings. The Bertz CT molecular complexity index is 1030. The number of methoxy groups -OCH3 is 1. The topological polar surface area (TPSA) is 104 Å². The van der Waals surface area contributed by atoms with Crippen molar-refractivity contribution in [3.63, 3.8) is 0 Å². The van der Waals surface area contributed by atoms with E-state index >= 15 is 0 Å². The molecule has 1 aromatic heterocycles. The number of carbonyl (C=O) groups excluding carboxylic acids is 3. The van der Waals surface area contributed by atoms with Crippen LogP contribution in [0.1, 0.15) is 54.2 Å². The van der Waals surface area contributed by atoms with Crippen molar-refractivity contribution in [3.05, 3.63) is 46.5 Å². The van der Waals surface area contributed by atoms with E-state index in [1.54, 1.807) is 24.6 Å². The van der Waals surface area contributed by atoms with E-state index in [0.717, 1.165) is 25.1 Å². The van der Waals surface area contributed by atoms with Gasteiger partial charge in [-0.25, -0.2) is 4.98 Å². The molecule has 10 heteroatoms. The number of amides is 3. The number of hydrogen-bond donors (Lipinski definition) is 2. The van der Waals surface area contributed by atoms with Crippen molar-refractivity contribution in [2.75, 3.05) is 51.8 Å². The summed E-state index contributed by atoms with van der Waals surface area (Å²) in [5.74, 6) is -0.670. The van der Waals surface area contributed by atoms with Gasteiger partial charge in [0.15, 0.2) is 5.13 Å². The molecule has 1 atom stereocenters. The van der Waals surface area contributed by atoms with Gasteiger partial charge in [0.2, 0.25) is 11.8 Å². The molecule has 1 unspecified atom stereocenters. The second kappa shape index (κ2) is 14.8. The van der Waals surface area contributed by atoms with Gasteiger partial charge >= 0.3 is 0 Å². The third kappa shape index (κ3) is 9.53. The molecule has 0 radical (unpaired) electrons. The predicted octanol–water partition coefficient (Wildman–Crippen LogP) is 3.10. The first kappa shape index (κ1) is 28.7. The Balaban J connectivity index is 1.43. The van der Waals surface area contributed by atoms with E-state index in [4.69, 9.17) is 4.74 Å². The predicted molar refractivity (Wildman–Crippen MR) is 146 cm³/mol. The first-order chi connectivity index (χ1) is 17.9.